The van der Waals surface area contributed by atoms with E-state index in [9.17, 15) is 5.26 Å². The topological polar surface area (TPSA) is 84.8 Å². The highest BCUT2D eigenvalue weighted by Crippen LogP contribution is 2.25. The van der Waals surface area contributed by atoms with Crippen LogP contribution in [-0.4, -0.2) is 15.2 Å². The minimum Gasteiger partial charge on any atom is -0.487 e. The van der Waals surface area contributed by atoms with Gasteiger partial charge in [-0.15, -0.1) is 0 Å². The predicted molar refractivity (Wildman–Crippen MR) is 87.5 cm³/mol. The monoisotopic (exact) mass is 314 g/mol. The number of rotatable bonds is 6. The molecule has 0 fully saturated rings. The molecule has 0 saturated heterocycles. The number of nitrogen functional groups attached to an aromatic ring is 1. The molecule has 5 nitrogen and oxygen atoms in total. The van der Waals surface area contributed by atoms with Gasteiger partial charge >= 0.3 is 0 Å². The van der Waals surface area contributed by atoms with Crippen molar-refractivity contribution >= 4 is 17.6 Å². The molecule has 1 aromatic heterocycles. The quantitative estimate of drug-likeness (QED) is 0.649. The van der Waals surface area contributed by atoms with Gasteiger partial charge in [-0.1, -0.05) is 43.8 Å². The summed E-state index contributed by atoms with van der Waals surface area (Å²) in [4.78, 5) is 8.63. The van der Waals surface area contributed by atoms with Crippen LogP contribution in [0.25, 0.3) is 0 Å². The normalized spacial score (nSPS) is 11.7. The van der Waals surface area contributed by atoms with Crippen LogP contribution in [0.3, 0.4) is 0 Å². The zero-order chi connectivity index (χ0) is 15.9. The fourth-order valence-corrected chi connectivity index (χ4v) is 2.55. The van der Waals surface area contributed by atoms with Crippen LogP contribution in [-0.2, 0) is 6.61 Å². The molecule has 0 aliphatic rings. The molecule has 0 spiro atoms. The minimum absolute atomic E-state index is 0.188. The van der Waals surface area contributed by atoms with Crippen LogP contribution >= 0.6 is 11.8 Å². The van der Waals surface area contributed by atoms with Crippen molar-refractivity contribution in [3.05, 3.63) is 41.6 Å². The third kappa shape index (κ3) is 4.12. The average Bonchev–Trinajstić information content (AvgIpc) is 2.53. The van der Waals surface area contributed by atoms with Crippen molar-refractivity contribution in [2.45, 2.75) is 37.3 Å². The SMILES string of the molecule is CC[C@H](C)Sc1nc(N)c(C#N)c(COc2ccccc2)n1. The molecule has 2 N–H and O–H groups in total. The molecule has 6 heteroatoms. The molecular weight excluding hydrogens is 296 g/mol. The van der Waals surface area contributed by atoms with Crippen LogP contribution in [0.4, 0.5) is 5.82 Å². The Morgan fingerprint density at radius 3 is 2.68 bits per heavy atom. The number of benzene rings is 1. The van der Waals surface area contributed by atoms with E-state index in [2.05, 4.69) is 29.9 Å². The number of aromatic nitrogens is 2. The lowest BCUT2D eigenvalue weighted by atomic mass is 10.2. The van der Waals surface area contributed by atoms with Gasteiger partial charge in [0.2, 0.25) is 0 Å². The van der Waals surface area contributed by atoms with E-state index >= 15 is 0 Å². The van der Waals surface area contributed by atoms with Gasteiger partial charge in [0.1, 0.15) is 35.5 Å². The Morgan fingerprint density at radius 2 is 2.05 bits per heavy atom. The third-order valence-electron chi connectivity index (χ3n) is 3.10. The van der Waals surface area contributed by atoms with E-state index in [-0.39, 0.29) is 18.0 Å². The Bertz CT molecular complexity index is 670. The smallest absolute Gasteiger partial charge is 0.190 e. The van der Waals surface area contributed by atoms with Gasteiger partial charge in [0, 0.05) is 5.25 Å². The number of hydrogen-bond acceptors (Lipinski definition) is 6. The first-order chi connectivity index (χ1) is 10.6. The third-order valence-corrected chi connectivity index (χ3v) is 4.23. The highest BCUT2D eigenvalue weighted by atomic mass is 32.2. The van der Waals surface area contributed by atoms with Crippen molar-refractivity contribution in [2.24, 2.45) is 0 Å². The van der Waals surface area contributed by atoms with Gasteiger partial charge in [-0.3, -0.25) is 0 Å². The number of nitrogens with zero attached hydrogens (tertiary/aromatic N) is 3. The van der Waals surface area contributed by atoms with Gasteiger partial charge in [0.25, 0.3) is 0 Å². The number of nitriles is 1. The molecule has 0 unspecified atom stereocenters. The number of anilines is 1. The first-order valence-electron chi connectivity index (χ1n) is 7.05. The van der Waals surface area contributed by atoms with Crippen molar-refractivity contribution in [3.63, 3.8) is 0 Å². The van der Waals surface area contributed by atoms with E-state index in [0.29, 0.717) is 16.1 Å². The Labute approximate surface area is 134 Å². The average molecular weight is 314 g/mol. The lowest BCUT2D eigenvalue weighted by Gasteiger charge is -2.11. The summed E-state index contributed by atoms with van der Waals surface area (Å²) in [6.45, 7) is 4.39. The van der Waals surface area contributed by atoms with Gasteiger partial charge in [0.15, 0.2) is 5.16 Å². The fourth-order valence-electron chi connectivity index (χ4n) is 1.71. The lowest BCUT2D eigenvalue weighted by molar-refractivity contribution is 0.299. The molecule has 114 valence electrons. The maximum absolute atomic E-state index is 9.24. The fraction of sp³-hybridized carbons (Fsp3) is 0.312. The lowest BCUT2D eigenvalue weighted by Crippen LogP contribution is -2.09. The Balaban J connectivity index is 2.22. The van der Waals surface area contributed by atoms with Crippen molar-refractivity contribution in [1.29, 1.82) is 5.26 Å². The van der Waals surface area contributed by atoms with Crippen molar-refractivity contribution in [3.8, 4) is 11.8 Å². The largest absolute Gasteiger partial charge is 0.487 e. The van der Waals surface area contributed by atoms with E-state index < -0.39 is 0 Å². The maximum Gasteiger partial charge on any atom is 0.190 e. The van der Waals surface area contributed by atoms with Gasteiger partial charge in [0.05, 0.1) is 0 Å². The molecule has 2 aromatic rings. The summed E-state index contributed by atoms with van der Waals surface area (Å²) in [6.07, 6.45) is 1.00. The van der Waals surface area contributed by atoms with Gasteiger partial charge in [-0.05, 0) is 18.6 Å². The molecule has 1 atom stereocenters. The number of nitrogens with two attached hydrogens (primary N) is 1. The molecule has 0 amide bonds. The van der Waals surface area contributed by atoms with Gasteiger partial charge in [-0.25, -0.2) is 9.97 Å². The molecule has 0 aliphatic carbocycles. The molecule has 0 saturated carbocycles. The standard InChI is InChI=1S/C16H18N4OS/c1-3-11(2)22-16-19-14(13(9-17)15(18)20-16)10-21-12-7-5-4-6-8-12/h4-8,11H,3,10H2,1-2H3,(H2,18,19,20)/t11-/m0/s1. The molecule has 2 rings (SSSR count). The van der Waals surface area contributed by atoms with E-state index in [1.54, 1.807) is 11.8 Å². The molecule has 0 bridgehead atoms. The first-order valence-corrected chi connectivity index (χ1v) is 7.93. The van der Waals surface area contributed by atoms with Crippen LogP contribution in [0.2, 0.25) is 0 Å². The molecule has 22 heavy (non-hydrogen) atoms. The zero-order valence-corrected chi connectivity index (χ0v) is 13.4. The summed E-state index contributed by atoms with van der Waals surface area (Å²) in [5.74, 6) is 0.926. The van der Waals surface area contributed by atoms with E-state index in [1.807, 2.05) is 30.3 Å². The Hall–Kier alpha value is -2.26. The van der Waals surface area contributed by atoms with Crippen LogP contribution in [0.1, 0.15) is 31.5 Å². The van der Waals surface area contributed by atoms with Gasteiger partial charge in [-0.2, -0.15) is 5.26 Å². The van der Waals surface area contributed by atoms with Crippen molar-refractivity contribution in [1.82, 2.24) is 9.97 Å². The summed E-state index contributed by atoms with van der Waals surface area (Å²) in [7, 11) is 0. The van der Waals surface area contributed by atoms with E-state index in [0.717, 1.165) is 12.2 Å². The minimum atomic E-state index is 0.188. The maximum atomic E-state index is 9.24. The van der Waals surface area contributed by atoms with E-state index in [4.69, 9.17) is 10.5 Å². The number of para-hydroxylation sites is 1. The van der Waals surface area contributed by atoms with Crippen LogP contribution in [0.15, 0.2) is 35.5 Å². The van der Waals surface area contributed by atoms with Gasteiger partial charge < -0.3 is 10.5 Å². The zero-order valence-electron chi connectivity index (χ0n) is 12.6. The van der Waals surface area contributed by atoms with Crippen LogP contribution in [0.5, 0.6) is 5.75 Å². The van der Waals surface area contributed by atoms with E-state index in [1.165, 1.54) is 0 Å². The highest BCUT2D eigenvalue weighted by molar-refractivity contribution is 7.99. The molecule has 1 aromatic carbocycles. The Kier molecular flexibility index (Phi) is 5.61. The molecule has 1 heterocycles. The summed E-state index contributed by atoms with van der Waals surface area (Å²) in [5, 5.41) is 10.2. The highest BCUT2D eigenvalue weighted by Gasteiger charge is 2.14. The summed E-state index contributed by atoms with van der Waals surface area (Å²) < 4.78 is 5.67. The summed E-state index contributed by atoms with van der Waals surface area (Å²) in [6, 6.07) is 11.5. The van der Waals surface area contributed by atoms with Crippen molar-refractivity contribution in [2.75, 3.05) is 5.73 Å². The number of thioether (sulfide) groups is 1. The van der Waals surface area contributed by atoms with Crippen LogP contribution in [0, 0.1) is 11.3 Å². The number of hydrogen-bond donors (Lipinski definition) is 1. The summed E-state index contributed by atoms with van der Waals surface area (Å²) >= 11 is 1.55. The predicted octanol–water partition coefficient (Wildman–Crippen LogP) is 3.40. The van der Waals surface area contributed by atoms with Crippen LogP contribution < -0.4 is 10.5 Å². The first kappa shape index (κ1) is 16.1. The second-order valence-corrected chi connectivity index (χ2v) is 6.17. The Morgan fingerprint density at radius 1 is 1.32 bits per heavy atom. The second kappa shape index (κ2) is 7.66. The molecule has 0 aliphatic heterocycles. The molecular formula is C16H18N4OS. The number of ether oxygens (including phenoxy) is 1. The second-order valence-electron chi connectivity index (χ2n) is 4.76. The summed E-state index contributed by atoms with van der Waals surface area (Å²) in [5.41, 5.74) is 6.68. The molecule has 0 radical (unpaired) electrons. The van der Waals surface area contributed by atoms with Crippen molar-refractivity contribution < 1.29 is 4.74 Å².